The Kier molecular flexibility index (Phi) is 1.96. The lowest BCUT2D eigenvalue weighted by Gasteiger charge is -1.88. The molecule has 0 saturated carbocycles. The van der Waals surface area contributed by atoms with E-state index in [4.69, 9.17) is 16.0 Å². The number of furan rings is 1. The predicted molar refractivity (Wildman–Crippen MR) is 37.4 cm³/mol. The van der Waals surface area contributed by atoms with Gasteiger partial charge in [0.25, 0.3) is 0 Å². The van der Waals surface area contributed by atoms with Crippen LogP contribution in [0.1, 0.15) is 5.76 Å². The van der Waals surface area contributed by atoms with Gasteiger partial charge < -0.3 is 4.42 Å². The average molecular weight is 143 g/mol. The van der Waals surface area contributed by atoms with Crippen molar-refractivity contribution in [3.63, 3.8) is 0 Å². The fraction of sp³-hybridized carbons (Fsp3) is 0.143. The van der Waals surface area contributed by atoms with Crippen molar-refractivity contribution in [2.24, 2.45) is 0 Å². The van der Waals surface area contributed by atoms with Crippen LogP contribution in [0, 0.1) is 0 Å². The topological polar surface area (TPSA) is 13.1 Å². The van der Waals surface area contributed by atoms with Crippen LogP contribution >= 0.6 is 11.6 Å². The minimum Gasteiger partial charge on any atom is -0.469 e. The summed E-state index contributed by atoms with van der Waals surface area (Å²) in [4.78, 5) is 0. The Labute approximate surface area is 58.9 Å². The summed E-state index contributed by atoms with van der Waals surface area (Å²) in [5, 5.41) is 0.602. The molecule has 0 spiro atoms. The Morgan fingerprint density at radius 3 is 3.00 bits per heavy atom. The predicted octanol–water partition coefficient (Wildman–Crippen LogP) is 2.57. The number of rotatable bonds is 2. The SMILES string of the molecule is C=C(Cl)Cc1ccco1. The van der Waals surface area contributed by atoms with Crippen LogP contribution in [-0.4, -0.2) is 0 Å². The van der Waals surface area contributed by atoms with Crippen molar-refractivity contribution >= 4 is 11.6 Å². The molecule has 0 fully saturated rings. The van der Waals surface area contributed by atoms with Crippen LogP contribution in [0.4, 0.5) is 0 Å². The second-order valence-corrected chi connectivity index (χ2v) is 2.31. The van der Waals surface area contributed by atoms with Crippen molar-refractivity contribution in [2.45, 2.75) is 6.42 Å². The molecule has 0 aliphatic rings. The third-order valence-corrected chi connectivity index (χ3v) is 1.08. The smallest absolute Gasteiger partial charge is 0.109 e. The zero-order valence-corrected chi connectivity index (χ0v) is 5.69. The Morgan fingerprint density at radius 1 is 1.78 bits per heavy atom. The van der Waals surface area contributed by atoms with Gasteiger partial charge in [0.05, 0.1) is 6.26 Å². The molecule has 0 bridgehead atoms. The quantitative estimate of drug-likeness (QED) is 0.619. The highest BCUT2D eigenvalue weighted by Crippen LogP contribution is 2.08. The fourth-order valence-electron chi connectivity index (χ4n) is 0.602. The first-order valence-electron chi connectivity index (χ1n) is 2.64. The maximum absolute atomic E-state index is 5.51. The summed E-state index contributed by atoms with van der Waals surface area (Å²) >= 11 is 5.51. The van der Waals surface area contributed by atoms with Crippen molar-refractivity contribution in [2.75, 3.05) is 0 Å². The van der Waals surface area contributed by atoms with Crippen LogP contribution in [0.25, 0.3) is 0 Å². The van der Waals surface area contributed by atoms with E-state index in [1.54, 1.807) is 6.26 Å². The van der Waals surface area contributed by atoms with E-state index in [0.717, 1.165) is 5.76 Å². The standard InChI is InChI=1S/C7H7ClO/c1-6(8)5-7-3-2-4-9-7/h2-4H,1,5H2. The molecule has 1 aromatic heterocycles. The lowest BCUT2D eigenvalue weighted by Crippen LogP contribution is -1.76. The second kappa shape index (κ2) is 2.74. The van der Waals surface area contributed by atoms with Gasteiger partial charge in [0, 0.05) is 11.5 Å². The lowest BCUT2D eigenvalue weighted by atomic mass is 10.3. The number of hydrogen-bond acceptors (Lipinski definition) is 1. The molecule has 0 aromatic carbocycles. The van der Waals surface area contributed by atoms with Crippen molar-refractivity contribution in [1.82, 2.24) is 0 Å². The lowest BCUT2D eigenvalue weighted by molar-refractivity contribution is 0.522. The Balaban J connectivity index is 2.58. The highest BCUT2D eigenvalue weighted by atomic mass is 35.5. The van der Waals surface area contributed by atoms with E-state index in [1.165, 1.54) is 0 Å². The fourth-order valence-corrected chi connectivity index (χ4v) is 0.734. The zero-order chi connectivity index (χ0) is 6.69. The molecule has 0 aliphatic carbocycles. The van der Waals surface area contributed by atoms with Gasteiger partial charge in [-0.1, -0.05) is 18.2 Å². The van der Waals surface area contributed by atoms with E-state index in [-0.39, 0.29) is 0 Å². The van der Waals surface area contributed by atoms with Gasteiger partial charge in [-0.3, -0.25) is 0 Å². The molecule has 2 heteroatoms. The van der Waals surface area contributed by atoms with Crippen LogP contribution in [0.2, 0.25) is 0 Å². The van der Waals surface area contributed by atoms with Gasteiger partial charge in [-0.05, 0) is 12.1 Å². The van der Waals surface area contributed by atoms with Gasteiger partial charge in [-0.25, -0.2) is 0 Å². The van der Waals surface area contributed by atoms with E-state index < -0.39 is 0 Å². The molecule has 0 N–H and O–H groups in total. The van der Waals surface area contributed by atoms with Gasteiger partial charge in [0.15, 0.2) is 0 Å². The molecule has 0 saturated heterocycles. The summed E-state index contributed by atoms with van der Waals surface area (Å²) in [5.41, 5.74) is 0. The highest BCUT2D eigenvalue weighted by molar-refractivity contribution is 6.29. The van der Waals surface area contributed by atoms with Crippen LogP contribution in [0.15, 0.2) is 34.4 Å². The molecule has 0 atom stereocenters. The van der Waals surface area contributed by atoms with E-state index >= 15 is 0 Å². The normalized spacial score (nSPS) is 9.44. The molecule has 0 unspecified atom stereocenters. The molecule has 1 rings (SSSR count). The maximum Gasteiger partial charge on any atom is 0.109 e. The summed E-state index contributed by atoms with van der Waals surface area (Å²) < 4.78 is 5.00. The van der Waals surface area contributed by atoms with Crippen LogP contribution in [0.3, 0.4) is 0 Å². The highest BCUT2D eigenvalue weighted by Gasteiger charge is 1.94. The third-order valence-electron chi connectivity index (χ3n) is 0.946. The third kappa shape index (κ3) is 1.94. The van der Waals surface area contributed by atoms with E-state index in [2.05, 4.69) is 6.58 Å². The second-order valence-electron chi connectivity index (χ2n) is 1.77. The summed E-state index contributed by atoms with van der Waals surface area (Å²) in [6.45, 7) is 3.54. The Bertz CT molecular complexity index is 189. The molecule has 0 aliphatic heterocycles. The van der Waals surface area contributed by atoms with Crippen molar-refractivity contribution in [3.8, 4) is 0 Å². The number of hydrogen-bond donors (Lipinski definition) is 0. The van der Waals surface area contributed by atoms with Gasteiger partial charge in [-0.2, -0.15) is 0 Å². The summed E-state index contributed by atoms with van der Waals surface area (Å²) in [6.07, 6.45) is 2.24. The van der Waals surface area contributed by atoms with Gasteiger partial charge in [0.1, 0.15) is 5.76 Å². The first-order chi connectivity index (χ1) is 4.29. The maximum atomic E-state index is 5.51. The van der Waals surface area contributed by atoms with Gasteiger partial charge in [-0.15, -0.1) is 0 Å². The van der Waals surface area contributed by atoms with Crippen molar-refractivity contribution < 1.29 is 4.42 Å². The minimum absolute atomic E-state index is 0.602. The summed E-state index contributed by atoms with van der Waals surface area (Å²) in [7, 11) is 0. The molecule has 0 amide bonds. The average Bonchev–Trinajstić information content (AvgIpc) is 2.15. The Morgan fingerprint density at radius 2 is 2.56 bits per heavy atom. The van der Waals surface area contributed by atoms with Gasteiger partial charge in [0.2, 0.25) is 0 Å². The van der Waals surface area contributed by atoms with Crippen molar-refractivity contribution in [1.29, 1.82) is 0 Å². The van der Waals surface area contributed by atoms with Gasteiger partial charge >= 0.3 is 0 Å². The summed E-state index contributed by atoms with van der Waals surface area (Å²) in [6, 6.07) is 3.70. The number of halogens is 1. The minimum atomic E-state index is 0.602. The number of allylic oxidation sites excluding steroid dienone is 1. The van der Waals surface area contributed by atoms with Crippen molar-refractivity contribution in [3.05, 3.63) is 35.8 Å². The molecule has 48 valence electrons. The molecule has 9 heavy (non-hydrogen) atoms. The monoisotopic (exact) mass is 142 g/mol. The first kappa shape index (κ1) is 6.43. The molecule has 1 nitrogen and oxygen atoms in total. The van der Waals surface area contributed by atoms with E-state index in [9.17, 15) is 0 Å². The molecule has 0 radical (unpaired) electrons. The van der Waals surface area contributed by atoms with Crippen LogP contribution < -0.4 is 0 Å². The van der Waals surface area contributed by atoms with Crippen LogP contribution in [-0.2, 0) is 6.42 Å². The summed E-state index contributed by atoms with van der Waals surface area (Å²) in [5.74, 6) is 0.856. The molecular formula is C7H7ClO. The Hall–Kier alpha value is -0.690. The molecule has 1 aromatic rings. The largest absolute Gasteiger partial charge is 0.469 e. The first-order valence-corrected chi connectivity index (χ1v) is 3.02. The van der Waals surface area contributed by atoms with E-state index in [1.807, 2.05) is 12.1 Å². The molecule has 1 heterocycles. The zero-order valence-electron chi connectivity index (χ0n) is 4.93. The molecular weight excluding hydrogens is 136 g/mol. The van der Waals surface area contributed by atoms with E-state index in [0.29, 0.717) is 11.5 Å². The van der Waals surface area contributed by atoms with Crippen LogP contribution in [0.5, 0.6) is 0 Å².